The fraction of sp³-hybridized carbons (Fsp3) is 0.444. The number of esters is 1. The molecule has 0 saturated carbocycles. The summed E-state index contributed by atoms with van der Waals surface area (Å²) in [5.74, 6) is -1.71. The smallest absolute Gasteiger partial charge is 0.376 e. The molecule has 0 unspecified atom stereocenters. The van der Waals surface area contributed by atoms with Gasteiger partial charge in [0, 0.05) is 0 Å². The van der Waals surface area contributed by atoms with E-state index in [0.29, 0.717) is 0 Å². The van der Waals surface area contributed by atoms with Gasteiger partial charge in [-0.3, -0.25) is 4.79 Å². The van der Waals surface area contributed by atoms with E-state index >= 15 is 0 Å². The van der Waals surface area contributed by atoms with Crippen molar-refractivity contribution in [3.63, 3.8) is 0 Å². The number of amides is 1. The van der Waals surface area contributed by atoms with Gasteiger partial charge in [-0.15, -0.1) is 10.2 Å². The van der Waals surface area contributed by atoms with Gasteiger partial charge in [0.25, 0.3) is 0 Å². The van der Waals surface area contributed by atoms with Crippen LogP contribution >= 0.6 is 0 Å². The number of hydrogen-bond donors (Lipinski definition) is 0. The van der Waals surface area contributed by atoms with Crippen molar-refractivity contribution in [1.29, 1.82) is 0 Å². The molecule has 8 nitrogen and oxygen atoms in total. The highest BCUT2D eigenvalue weighted by molar-refractivity contribution is 6.71. The Kier molecular flexibility index (Phi) is 3.12. The molecule has 0 atom stereocenters. The van der Waals surface area contributed by atoms with Crippen molar-refractivity contribution in [1.82, 2.24) is 0 Å². The minimum Gasteiger partial charge on any atom is -0.460 e. The molecule has 0 aromatic heterocycles. The number of carbonyl (C=O) groups excluding carboxylic acids is 2. The molecule has 0 saturated heterocycles. The van der Waals surface area contributed by atoms with Crippen molar-refractivity contribution in [2.45, 2.75) is 19.8 Å². The molecule has 2 rings (SSSR count). The molecular weight excluding hydrogens is 226 g/mol. The zero-order valence-electron chi connectivity index (χ0n) is 9.08. The molecule has 2 aliphatic rings. The molecule has 88 valence electrons. The molecule has 0 bridgehead atoms. The summed E-state index contributed by atoms with van der Waals surface area (Å²) in [6.45, 7) is 2.24. The topological polar surface area (TPSA) is 105 Å². The average Bonchev–Trinajstić information content (AvgIpc) is 2.77. The van der Waals surface area contributed by atoms with Crippen LogP contribution in [-0.4, -0.2) is 35.9 Å². The summed E-state index contributed by atoms with van der Waals surface area (Å²) < 4.78 is 4.88. The zero-order chi connectivity index (χ0) is 12.3. The highest BCUT2D eigenvalue weighted by Gasteiger charge is 2.30. The van der Waals surface area contributed by atoms with Crippen LogP contribution in [0.25, 0.3) is 0 Å². The number of fused-ring (bicyclic) bond motifs is 1. The van der Waals surface area contributed by atoms with Gasteiger partial charge in [-0.25, -0.2) is 4.79 Å². The van der Waals surface area contributed by atoms with E-state index in [-0.39, 0.29) is 24.0 Å². The second-order valence-electron chi connectivity index (χ2n) is 3.30. The van der Waals surface area contributed by atoms with Gasteiger partial charge >= 0.3 is 11.9 Å². The minimum atomic E-state index is -0.736. The SMILES string of the molecule is CCCCOC(=O)C1=NC(=O)C2=NN=NC2=N1. The number of nitrogens with zero attached hydrogens (tertiary/aromatic N) is 5. The second-order valence-corrected chi connectivity index (χ2v) is 3.30. The Bertz CT molecular complexity index is 489. The van der Waals surface area contributed by atoms with Gasteiger partial charge in [0.1, 0.15) is 0 Å². The second kappa shape index (κ2) is 4.73. The third kappa shape index (κ3) is 2.30. The van der Waals surface area contributed by atoms with Gasteiger partial charge < -0.3 is 4.74 Å². The fourth-order valence-electron chi connectivity index (χ4n) is 1.15. The summed E-state index contributed by atoms with van der Waals surface area (Å²) in [5, 5.41) is 10.2. The molecular formula is C9H9N5O3. The number of amidine groups is 2. The molecule has 2 heterocycles. The molecule has 0 fully saturated rings. The van der Waals surface area contributed by atoms with Crippen molar-refractivity contribution in [3.05, 3.63) is 0 Å². The Labute approximate surface area is 96.2 Å². The van der Waals surface area contributed by atoms with Crippen molar-refractivity contribution >= 4 is 29.3 Å². The molecule has 8 heteroatoms. The van der Waals surface area contributed by atoms with Crippen LogP contribution in [0.15, 0.2) is 25.4 Å². The van der Waals surface area contributed by atoms with Crippen LogP contribution in [-0.2, 0) is 14.3 Å². The Morgan fingerprint density at radius 1 is 1.35 bits per heavy atom. The highest BCUT2D eigenvalue weighted by Crippen LogP contribution is 2.08. The van der Waals surface area contributed by atoms with Crippen molar-refractivity contribution in [3.8, 4) is 0 Å². The number of ether oxygens (including phenoxy) is 1. The Hall–Kier alpha value is -2.25. The fourth-order valence-corrected chi connectivity index (χ4v) is 1.15. The third-order valence-corrected chi connectivity index (χ3v) is 2.03. The van der Waals surface area contributed by atoms with Crippen molar-refractivity contribution < 1.29 is 14.3 Å². The molecule has 0 N–H and O–H groups in total. The summed E-state index contributed by atoms with van der Waals surface area (Å²) >= 11 is 0. The maximum Gasteiger partial charge on any atom is 0.376 e. The normalized spacial score (nSPS) is 17.2. The molecule has 0 aromatic rings. The van der Waals surface area contributed by atoms with E-state index in [4.69, 9.17) is 4.74 Å². The van der Waals surface area contributed by atoms with Gasteiger partial charge in [0.2, 0.25) is 17.4 Å². The maximum absolute atomic E-state index is 11.5. The summed E-state index contributed by atoms with van der Waals surface area (Å²) in [6, 6.07) is 0. The lowest BCUT2D eigenvalue weighted by atomic mass is 10.3. The first kappa shape index (κ1) is 11.2. The van der Waals surface area contributed by atoms with E-state index < -0.39 is 11.9 Å². The van der Waals surface area contributed by atoms with Gasteiger partial charge in [0.05, 0.1) is 6.61 Å². The zero-order valence-corrected chi connectivity index (χ0v) is 9.08. The van der Waals surface area contributed by atoms with Crippen LogP contribution in [0, 0.1) is 0 Å². The number of hydrogen-bond acceptors (Lipinski definition) is 7. The predicted octanol–water partition coefficient (Wildman–Crippen LogP) is 0.489. The number of aliphatic imine (C=N–C) groups is 2. The lowest BCUT2D eigenvalue weighted by molar-refractivity contribution is -0.136. The van der Waals surface area contributed by atoms with E-state index in [1.807, 2.05) is 6.92 Å². The quantitative estimate of drug-likeness (QED) is 0.522. The van der Waals surface area contributed by atoms with Crippen molar-refractivity contribution in [2.24, 2.45) is 25.4 Å². The van der Waals surface area contributed by atoms with Gasteiger partial charge in [-0.05, 0) is 11.6 Å². The Morgan fingerprint density at radius 2 is 2.18 bits per heavy atom. The van der Waals surface area contributed by atoms with Crippen LogP contribution in [0.1, 0.15) is 19.8 Å². The first-order valence-corrected chi connectivity index (χ1v) is 5.10. The summed E-state index contributed by atoms with van der Waals surface area (Å²) in [6.07, 6.45) is 1.65. The van der Waals surface area contributed by atoms with Gasteiger partial charge in [-0.2, -0.15) is 9.98 Å². The van der Waals surface area contributed by atoms with E-state index in [1.165, 1.54) is 0 Å². The van der Waals surface area contributed by atoms with Crippen LogP contribution in [0.4, 0.5) is 0 Å². The number of carbonyl (C=O) groups is 2. The van der Waals surface area contributed by atoms with Crippen LogP contribution in [0.2, 0.25) is 0 Å². The Morgan fingerprint density at radius 3 is 2.94 bits per heavy atom. The molecule has 0 radical (unpaired) electrons. The van der Waals surface area contributed by atoms with Crippen LogP contribution in [0.5, 0.6) is 0 Å². The summed E-state index contributed by atoms with van der Waals surface area (Å²) in [5.41, 5.74) is -0.0462. The van der Waals surface area contributed by atoms with Crippen LogP contribution < -0.4 is 0 Å². The number of unbranched alkanes of at least 4 members (excludes halogenated alkanes) is 1. The first-order valence-electron chi connectivity index (χ1n) is 5.10. The van der Waals surface area contributed by atoms with Crippen LogP contribution in [0.3, 0.4) is 0 Å². The lowest BCUT2D eigenvalue weighted by Gasteiger charge is -2.06. The van der Waals surface area contributed by atoms with E-state index in [2.05, 4.69) is 25.4 Å². The predicted molar refractivity (Wildman–Crippen MR) is 58.0 cm³/mol. The molecule has 17 heavy (non-hydrogen) atoms. The Balaban J connectivity index is 2.07. The minimum absolute atomic E-state index is 0.00689. The van der Waals surface area contributed by atoms with E-state index in [0.717, 1.165) is 12.8 Å². The molecule has 0 spiro atoms. The third-order valence-electron chi connectivity index (χ3n) is 2.03. The summed E-state index contributed by atoms with van der Waals surface area (Å²) in [4.78, 5) is 30.1. The average molecular weight is 235 g/mol. The van der Waals surface area contributed by atoms with Crippen molar-refractivity contribution in [2.75, 3.05) is 6.61 Å². The molecule has 2 aliphatic heterocycles. The van der Waals surface area contributed by atoms with Gasteiger partial charge in [0.15, 0.2) is 0 Å². The molecule has 0 aliphatic carbocycles. The highest BCUT2D eigenvalue weighted by atomic mass is 16.5. The molecule has 1 amide bonds. The van der Waals surface area contributed by atoms with E-state index in [9.17, 15) is 9.59 Å². The van der Waals surface area contributed by atoms with Gasteiger partial charge in [-0.1, -0.05) is 13.3 Å². The lowest BCUT2D eigenvalue weighted by Crippen LogP contribution is -2.30. The monoisotopic (exact) mass is 235 g/mol. The molecule has 0 aromatic carbocycles. The standard InChI is InChI=1S/C9H9N5O3/c1-2-3-4-17-9(16)7-10-6-5(8(15)11-7)12-14-13-6/h2-4H2,1H3. The number of rotatable bonds is 4. The summed E-state index contributed by atoms with van der Waals surface area (Å²) in [7, 11) is 0. The largest absolute Gasteiger partial charge is 0.460 e. The van der Waals surface area contributed by atoms with E-state index in [1.54, 1.807) is 0 Å². The maximum atomic E-state index is 11.5. The first-order chi connectivity index (χ1) is 8.22.